The van der Waals surface area contributed by atoms with Gasteiger partial charge in [-0.2, -0.15) is 0 Å². The topological polar surface area (TPSA) is 38.3 Å². The van der Waals surface area contributed by atoms with Crippen LogP contribution in [0.25, 0.3) is 0 Å². The number of ether oxygens (including phenoxy) is 1. The van der Waals surface area contributed by atoms with Crippen molar-refractivity contribution in [3.05, 3.63) is 59.4 Å². The standard InChI is InChI=1S/C23H28FNO2/c1-3-4-15-27-21-12-11-20(16-17(21)2)25-22(26)23(13-5-6-14-23)18-7-9-19(24)10-8-18/h7-12,16H,3-6,13-15H2,1-2H3,(H,25,26). The first-order chi connectivity index (χ1) is 13.0. The fraction of sp³-hybridized carbons (Fsp3) is 0.435. The smallest absolute Gasteiger partial charge is 0.235 e. The van der Waals surface area contributed by atoms with Crippen molar-refractivity contribution in [1.82, 2.24) is 0 Å². The van der Waals surface area contributed by atoms with Gasteiger partial charge in [0.05, 0.1) is 12.0 Å². The first-order valence-electron chi connectivity index (χ1n) is 9.86. The summed E-state index contributed by atoms with van der Waals surface area (Å²) in [4.78, 5) is 13.2. The number of carbonyl (C=O) groups is 1. The molecular weight excluding hydrogens is 341 g/mol. The fourth-order valence-electron chi connectivity index (χ4n) is 3.86. The van der Waals surface area contributed by atoms with E-state index in [2.05, 4.69) is 12.2 Å². The van der Waals surface area contributed by atoms with E-state index in [1.807, 2.05) is 25.1 Å². The Morgan fingerprint density at radius 2 is 1.85 bits per heavy atom. The van der Waals surface area contributed by atoms with Crippen molar-refractivity contribution in [2.24, 2.45) is 0 Å². The number of amides is 1. The quantitative estimate of drug-likeness (QED) is 0.630. The van der Waals surface area contributed by atoms with Gasteiger partial charge >= 0.3 is 0 Å². The zero-order valence-electron chi connectivity index (χ0n) is 16.2. The Balaban J connectivity index is 1.76. The van der Waals surface area contributed by atoms with Gasteiger partial charge in [-0.05, 0) is 67.6 Å². The highest BCUT2D eigenvalue weighted by molar-refractivity contribution is 5.99. The van der Waals surface area contributed by atoms with Crippen LogP contribution in [0, 0.1) is 12.7 Å². The number of aryl methyl sites for hydroxylation is 1. The summed E-state index contributed by atoms with van der Waals surface area (Å²) in [6, 6.07) is 12.1. The number of anilines is 1. The zero-order chi connectivity index (χ0) is 19.3. The van der Waals surface area contributed by atoms with Gasteiger partial charge in [-0.3, -0.25) is 4.79 Å². The van der Waals surface area contributed by atoms with Gasteiger partial charge in [-0.1, -0.05) is 38.3 Å². The second kappa shape index (κ2) is 8.55. The average Bonchev–Trinajstić information content (AvgIpc) is 3.15. The molecule has 144 valence electrons. The van der Waals surface area contributed by atoms with Crippen LogP contribution in [0.3, 0.4) is 0 Å². The van der Waals surface area contributed by atoms with Crippen molar-refractivity contribution >= 4 is 11.6 Å². The Kier molecular flexibility index (Phi) is 6.15. The van der Waals surface area contributed by atoms with Crippen LogP contribution in [-0.4, -0.2) is 12.5 Å². The summed E-state index contributed by atoms with van der Waals surface area (Å²) in [6.45, 7) is 4.83. The third-order valence-electron chi connectivity index (χ3n) is 5.48. The molecular formula is C23H28FNO2. The molecule has 0 saturated heterocycles. The Morgan fingerprint density at radius 1 is 1.15 bits per heavy atom. The second-order valence-corrected chi connectivity index (χ2v) is 7.43. The molecule has 2 aromatic rings. The summed E-state index contributed by atoms with van der Waals surface area (Å²) in [7, 11) is 0. The van der Waals surface area contributed by atoms with Gasteiger partial charge in [-0.15, -0.1) is 0 Å². The van der Waals surface area contributed by atoms with E-state index in [0.717, 1.165) is 61.1 Å². The Bertz CT molecular complexity index is 779. The normalized spacial score (nSPS) is 15.5. The summed E-state index contributed by atoms with van der Waals surface area (Å²) in [6.07, 6.45) is 5.72. The lowest BCUT2D eigenvalue weighted by Crippen LogP contribution is -2.38. The molecule has 0 radical (unpaired) electrons. The molecule has 1 amide bonds. The van der Waals surface area contributed by atoms with Crippen LogP contribution in [-0.2, 0) is 10.2 Å². The van der Waals surface area contributed by atoms with Gasteiger partial charge < -0.3 is 10.1 Å². The highest BCUT2D eigenvalue weighted by Crippen LogP contribution is 2.42. The van der Waals surface area contributed by atoms with Gasteiger partial charge in [0, 0.05) is 5.69 Å². The number of hydrogen-bond donors (Lipinski definition) is 1. The number of benzene rings is 2. The monoisotopic (exact) mass is 369 g/mol. The largest absolute Gasteiger partial charge is 0.493 e. The third-order valence-corrected chi connectivity index (χ3v) is 5.48. The molecule has 3 rings (SSSR count). The van der Waals surface area contributed by atoms with Crippen LogP contribution >= 0.6 is 0 Å². The van der Waals surface area contributed by atoms with E-state index in [-0.39, 0.29) is 11.7 Å². The molecule has 1 saturated carbocycles. The summed E-state index contributed by atoms with van der Waals surface area (Å²) < 4.78 is 19.1. The van der Waals surface area contributed by atoms with Crippen molar-refractivity contribution in [3.8, 4) is 5.75 Å². The molecule has 2 aromatic carbocycles. The number of halogens is 1. The third kappa shape index (κ3) is 4.32. The van der Waals surface area contributed by atoms with Gasteiger partial charge in [0.2, 0.25) is 5.91 Å². The highest BCUT2D eigenvalue weighted by Gasteiger charge is 2.42. The minimum Gasteiger partial charge on any atom is -0.493 e. The number of carbonyl (C=O) groups excluding carboxylic acids is 1. The van der Waals surface area contributed by atoms with E-state index in [9.17, 15) is 9.18 Å². The van der Waals surface area contributed by atoms with Crippen LogP contribution < -0.4 is 10.1 Å². The van der Waals surface area contributed by atoms with Gasteiger partial charge in [0.15, 0.2) is 0 Å². The van der Waals surface area contributed by atoms with Crippen molar-refractivity contribution in [2.45, 2.75) is 57.8 Å². The predicted molar refractivity (Wildman–Crippen MR) is 107 cm³/mol. The summed E-state index contributed by atoms with van der Waals surface area (Å²) in [5.41, 5.74) is 2.10. The molecule has 0 heterocycles. The summed E-state index contributed by atoms with van der Waals surface area (Å²) in [5.74, 6) is 0.572. The highest BCUT2D eigenvalue weighted by atomic mass is 19.1. The van der Waals surface area contributed by atoms with Gasteiger partial charge in [0.1, 0.15) is 11.6 Å². The molecule has 3 nitrogen and oxygen atoms in total. The average molecular weight is 369 g/mol. The lowest BCUT2D eigenvalue weighted by molar-refractivity contribution is -0.121. The number of rotatable bonds is 7. The molecule has 0 atom stereocenters. The Hall–Kier alpha value is -2.36. The lowest BCUT2D eigenvalue weighted by atomic mass is 9.78. The van der Waals surface area contributed by atoms with Crippen molar-refractivity contribution in [2.75, 3.05) is 11.9 Å². The fourth-order valence-corrected chi connectivity index (χ4v) is 3.86. The molecule has 1 aliphatic carbocycles. The minimum atomic E-state index is -0.572. The zero-order valence-corrected chi connectivity index (χ0v) is 16.2. The molecule has 0 spiro atoms. The van der Waals surface area contributed by atoms with E-state index in [1.165, 1.54) is 12.1 Å². The second-order valence-electron chi connectivity index (χ2n) is 7.43. The number of unbranched alkanes of at least 4 members (excludes halogenated alkanes) is 1. The molecule has 4 heteroatoms. The molecule has 1 N–H and O–H groups in total. The van der Waals surface area contributed by atoms with Crippen molar-refractivity contribution < 1.29 is 13.9 Å². The Labute approximate surface area is 160 Å². The minimum absolute atomic E-state index is 0.00865. The lowest BCUT2D eigenvalue weighted by Gasteiger charge is -2.28. The van der Waals surface area contributed by atoms with Gasteiger partial charge in [0.25, 0.3) is 0 Å². The number of hydrogen-bond acceptors (Lipinski definition) is 2. The SMILES string of the molecule is CCCCOc1ccc(NC(=O)C2(c3ccc(F)cc3)CCCC2)cc1C. The van der Waals surface area contributed by atoms with Crippen molar-refractivity contribution in [3.63, 3.8) is 0 Å². The molecule has 0 unspecified atom stereocenters. The molecule has 0 aromatic heterocycles. The summed E-state index contributed by atoms with van der Waals surface area (Å²) >= 11 is 0. The van der Waals surface area contributed by atoms with Crippen LogP contribution in [0.1, 0.15) is 56.6 Å². The van der Waals surface area contributed by atoms with Crippen LogP contribution in [0.4, 0.5) is 10.1 Å². The van der Waals surface area contributed by atoms with Crippen LogP contribution in [0.2, 0.25) is 0 Å². The van der Waals surface area contributed by atoms with E-state index in [4.69, 9.17) is 4.74 Å². The molecule has 0 bridgehead atoms. The molecule has 27 heavy (non-hydrogen) atoms. The van der Waals surface area contributed by atoms with Gasteiger partial charge in [-0.25, -0.2) is 4.39 Å². The van der Waals surface area contributed by atoms with Crippen LogP contribution in [0.5, 0.6) is 5.75 Å². The predicted octanol–water partition coefficient (Wildman–Crippen LogP) is 5.76. The molecule has 1 fully saturated rings. The van der Waals surface area contributed by atoms with E-state index < -0.39 is 5.41 Å². The first kappa shape index (κ1) is 19.4. The van der Waals surface area contributed by atoms with E-state index >= 15 is 0 Å². The number of nitrogens with one attached hydrogen (secondary N) is 1. The maximum atomic E-state index is 13.3. The van der Waals surface area contributed by atoms with Crippen LogP contribution in [0.15, 0.2) is 42.5 Å². The Morgan fingerprint density at radius 3 is 2.48 bits per heavy atom. The van der Waals surface area contributed by atoms with E-state index in [1.54, 1.807) is 12.1 Å². The van der Waals surface area contributed by atoms with Crippen molar-refractivity contribution in [1.29, 1.82) is 0 Å². The molecule has 0 aliphatic heterocycles. The maximum absolute atomic E-state index is 13.3. The molecule has 1 aliphatic rings. The summed E-state index contributed by atoms with van der Waals surface area (Å²) in [5, 5.41) is 3.08. The maximum Gasteiger partial charge on any atom is 0.235 e. The van der Waals surface area contributed by atoms with E-state index in [0.29, 0.717) is 6.61 Å². The first-order valence-corrected chi connectivity index (χ1v) is 9.86.